The maximum Gasteiger partial charge on any atom is 0.241 e. The Kier molecular flexibility index (Phi) is 4.83. The van der Waals surface area contributed by atoms with Gasteiger partial charge in [0.25, 0.3) is 0 Å². The molecule has 1 atom stereocenters. The Bertz CT molecular complexity index is 1010. The fraction of sp³-hybridized carbons (Fsp3) is 0.190. The third-order valence-corrected chi connectivity index (χ3v) is 4.80. The van der Waals surface area contributed by atoms with Gasteiger partial charge >= 0.3 is 0 Å². The second kappa shape index (κ2) is 7.05. The molecule has 4 aromatic carbocycles. The average Bonchev–Trinajstić information content (AvgIpc) is 2.69. The molecule has 0 aromatic heterocycles. The number of hydrogen-bond donors (Lipinski definition) is 3. The molecule has 0 radical (unpaired) electrons. The normalized spacial score (nSPS) is 12.2. The third kappa shape index (κ3) is 2.69. The summed E-state index contributed by atoms with van der Waals surface area (Å²) in [6.07, 6.45) is 0.715. The molecule has 0 aliphatic rings. The lowest BCUT2D eigenvalue weighted by molar-refractivity contribution is -0.122. The summed E-state index contributed by atoms with van der Waals surface area (Å²) in [5.41, 5.74) is 3.35. The van der Waals surface area contributed by atoms with Crippen molar-refractivity contribution in [3.8, 4) is 0 Å². The fourth-order valence-electron chi connectivity index (χ4n) is 3.71. The number of amides is 1. The summed E-state index contributed by atoms with van der Waals surface area (Å²) in [6.45, 7) is 2.01. The second-order valence-electron chi connectivity index (χ2n) is 5.98. The molecule has 25 heavy (non-hydrogen) atoms. The van der Waals surface area contributed by atoms with Gasteiger partial charge < -0.3 is 5.11 Å². The molecule has 4 heteroatoms. The van der Waals surface area contributed by atoms with Crippen LogP contribution < -0.4 is 11.3 Å². The number of rotatable bonds is 3. The van der Waals surface area contributed by atoms with Gasteiger partial charge in [-0.05, 0) is 44.3 Å². The molecule has 0 fully saturated rings. The van der Waals surface area contributed by atoms with Crippen molar-refractivity contribution in [1.82, 2.24) is 5.43 Å². The van der Waals surface area contributed by atoms with Crippen LogP contribution in [-0.2, 0) is 4.79 Å². The van der Waals surface area contributed by atoms with Crippen LogP contribution in [0.3, 0.4) is 0 Å². The summed E-state index contributed by atoms with van der Waals surface area (Å²) in [5, 5.41) is 14.3. The molecule has 1 amide bonds. The van der Waals surface area contributed by atoms with Gasteiger partial charge in [0.15, 0.2) is 0 Å². The van der Waals surface area contributed by atoms with Crippen molar-refractivity contribution in [2.45, 2.75) is 19.3 Å². The monoisotopic (exact) mass is 334 g/mol. The fourth-order valence-corrected chi connectivity index (χ4v) is 3.71. The molecule has 0 aliphatic heterocycles. The Morgan fingerprint density at radius 3 is 2.12 bits per heavy atom. The Balaban J connectivity index is 0.000000880. The number of carbonyl (C=O) groups is 1. The van der Waals surface area contributed by atoms with E-state index in [0.717, 1.165) is 18.1 Å². The quantitative estimate of drug-likeness (QED) is 0.231. The van der Waals surface area contributed by atoms with Gasteiger partial charge in [-0.3, -0.25) is 10.2 Å². The molecule has 0 heterocycles. The van der Waals surface area contributed by atoms with Crippen LogP contribution in [-0.4, -0.2) is 18.1 Å². The smallest absolute Gasteiger partial charge is 0.241 e. The van der Waals surface area contributed by atoms with E-state index in [4.69, 9.17) is 10.9 Å². The van der Waals surface area contributed by atoms with Crippen LogP contribution in [0.25, 0.3) is 32.3 Å². The van der Waals surface area contributed by atoms with Crippen molar-refractivity contribution >= 4 is 38.2 Å². The molecule has 0 bridgehead atoms. The van der Waals surface area contributed by atoms with Crippen LogP contribution in [0.1, 0.15) is 24.8 Å². The largest absolute Gasteiger partial charge is 0.400 e. The van der Waals surface area contributed by atoms with Crippen molar-refractivity contribution in [2.24, 2.45) is 5.84 Å². The minimum Gasteiger partial charge on any atom is -0.400 e. The van der Waals surface area contributed by atoms with Crippen molar-refractivity contribution in [3.63, 3.8) is 0 Å². The van der Waals surface area contributed by atoms with E-state index in [9.17, 15) is 4.79 Å². The molecule has 128 valence electrons. The highest BCUT2D eigenvalue weighted by Crippen LogP contribution is 2.38. The summed E-state index contributed by atoms with van der Waals surface area (Å²) in [4.78, 5) is 12.2. The topological polar surface area (TPSA) is 75.4 Å². The standard InChI is InChI=1S/C20H18N2O.CH4O/c1-2-15(20(23)22-21)16-10-8-14-7-6-12-4-3-5-13-9-11-17(16)19(14)18(12)13;1-2/h3-11,15H,2,21H2,1H3,(H,22,23);2H,1H3. The van der Waals surface area contributed by atoms with Crippen molar-refractivity contribution in [2.75, 3.05) is 7.11 Å². The lowest BCUT2D eigenvalue weighted by Crippen LogP contribution is -2.34. The highest BCUT2D eigenvalue weighted by molar-refractivity contribution is 6.23. The number of nitrogens with two attached hydrogens (primary N) is 1. The SMILES string of the molecule is CCC(C(=O)NN)c1ccc2ccc3cccc4ccc1c2c34.CO. The number of carbonyl (C=O) groups excluding carboxylic acids is 1. The maximum absolute atomic E-state index is 12.2. The van der Waals surface area contributed by atoms with Gasteiger partial charge in [-0.15, -0.1) is 0 Å². The molecule has 1 unspecified atom stereocenters. The highest BCUT2D eigenvalue weighted by Gasteiger charge is 2.21. The van der Waals surface area contributed by atoms with Crippen LogP contribution in [0, 0.1) is 0 Å². The zero-order valence-electron chi connectivity index (χ0n) is 14.4. The number of hydrazine groups is 1. The van der Waals surface area contributed by atoms with Crippen LogP contribution in [0.2, 0.25) is 0 Å². The molecule has 4 nitrogen and oxygen atoms in total. The van der Waals surface area contributed by atoms with E-state index < -0.39 is 0 Å². The Labute approximate surface area is 146 Å². The second-order valence-corrected chi connectivity index (χ2v) is 5.98. The first-order valence-corrected chi connectivity index (χ1v) is 8.36. The minimum absolute atomic E-state index is 0.137. The van der Waals surface area contributed by atoms with E-state index in [1.807, 2.05) is 6.92 Å². The molecule has 4 rings (SSSR count). The predicted octanol–water partition coefficient (Wildman–Crippen LogP) is 3.68. The molecule has 0 saturated heterocycles. The molecular weight excluding hydrogens is 312 g/mol. The lowest BCUT2D eigenvalue weighted by atomic mass is 9.86. The van der Waals surface area contributed by atoms with Gasteiger partial charge in [0.05, 0.1) is 5.92 Å². The van der Waals surface area contributed by atoms with E-state index in [0.29, 0.717) is 6.42 Å². The van der Waals surface area contributed by atoms with Gasteiger partial charge in [0.2, 0.25) is 5.91 Å². The Morgan fingerprint density at radius 2 is 1.52 bits per heavy atom. The molecule has 4 N–H and O–H groups in total. The first-order valence-electron chi connectivity index (χ1n) is 8.36. The summed E-state index contributed by atoms with van der Waals surface area (Å²) < 4.78 is 0. The molecular formula is C21H22N2O2. The van der Waals surface area contributed by atoms with Crippen molar-refractivity contribution in [3.05, 3.63) is 60.2 Å². The van der Waals surface area contributed by atoms with E-state index in [1.54, 1.807) is 0 Å². The summed E-state index contributed by atoms with van der Waals surface area (Å²) in [7, 11) is 1.00. The number of nitrogens with one attached hydrogen (secondary N) is 1. The average molecular weight is 334 g/mol. The van der Waals surface area contributed by atoms with E-state index in [2.05, 4.69) is 60.0 Å². The third-order valence-electron chi connectivity index (χ3n) is 4.80. The van der Waals surface area contributed by atoms with Crippen molar-refractivity contribution < 1.29 is 9.90 Å². The van der Waals surface area contributed by atoms with Gasteiger partial charge in [-0.1, -0.05) is 61.5 Å². The van der Waals surface area contributed by atoms with Crippen LogP contribution >= 0.6 is 0 Å². The number of aliphatic hydroxyl groups is 1. The summed E-state index contributed by atoms with van der Waals surface area (Å²) >= 11 is 0. The zero-order chi connectivity index (χ0) is 18.0. The molecule has 0 saturated carbocycles. The number of aliphatic hydroxyl groups excluding tert-OH is 1. The molecule has 4 aromatic rings. The summed E-state index contributed by atoms with van der Waals surface area (Å²) in [5.74, 6) is 5.01. The first-order chi connectivity index (χ1) is 12.2. The zero-order valence-corrected chi connectivity index (χ0v) is 14.4. The Hall–Kier alpha value is -2.69. The predicted molar refractivity (Wildman–Crippen MR) is 104 cm³/mol. The summed E-state index contributed by atoms with van der Waals surface area (Å²) in [6, 6.07) is 19.1. The lowest BCUT2D eigenvalue weighted by Gasteiger charge is -2.18. The van der Waals surface area contributed by atoms with Crippen LogP contribution in [0.4, 0.5) is 0 Å². The van der Waals surface area contributed by atoms with Gasteiger partial charge in [0.1, 0.15) is 0 Å². The van der Waals surface area contributed by atoms with Crippen LogP contribution in [0.15, 0.2) is 54.6 Å². The first kappa shape index (κ1) is 17.1. The maximum atomic E-state index is 12.2. The van der Waals surface area contributed by atoms with E-state index in [1.165, 1.54) is 26.9 Å². The van der Waals surface area contributed by atoms with Gasteiger partial charge in [-0.2, -0.15) is 0 Å². The minimum atomic E-state index is -0.232. The molecule has 0 aliphatic carbocycles. The van der Waals surface area contributed by atoms with Gasteiger partial charge in [-0.25, -0.2) is 5.84 Å². The van der Waals surface area contributed by atoms with E-state index >= 15 is 0 Å². The number of benzene rings is 4. The molecule has 0 spiro atoms. The number of hydrogen-bond acceptors (Lipinski definition) is 3. The highest BCUT2D eigenvalue weighted by atomic mass is 16.2. The van der Waals surface area contributed by atoms with Crippen LogP contribution in [0.5, 0.6) is 0 Å². The van der Waals surface area contributed by atoms with Crippen molar-refractivity contribution in [1.29, 1.82) is 0 Å². The Morgan fingerprint density at radius 1 is 0.960 bits per heavy atom. The van der Waals surface area contributed by atoms with E-state index in [-0.39, 0.29) is 11.8 Å². The van der Waals surface area contributed by atoms with Gasteiger partial charge in [0, 0.05) is 7.11 Å².